The van der Waals surface area contributed by atoms with Crippen molar-refractivity contribution in [2.75, 3.05) is 17.6 Å². The van der Waals surface area contributed by atoms with Crippen molar-refractivity contribution in [1.82, 2.24) is 10.3 Å². The van der Waals surface area contributed by atoms with Gasteiger partial charge in [0.2, 0.25) is 0 Å². The Morgan fingerprint density at radius 2 is 1.96 bits per heavy atom. The fourth-order valence-corrected chi connectivity index (χ4v) is 2.60. The summed E-state index contributed by atoms with van der Waals surface area (Å²) in [5.41, 5.74) is 9.31. The number of para-hydroxylation sites is 1. The molecule has 2 rings (SSSR count). The Morgan fingerprint density at radius 3 is 2.65 bits per heavy atom. The van der Waals surface area contributed by atoms with Gasteiger partial charge in [0, 0.05) is 17.9 Å². The minimum atomic E-state index is -0.514. The third kappa shape index (κ3) is 5.81. The molecule has 1 aromatic carbocycles. The minimum Gasteiger partial charge on any atom is -0.444 e. The summed E-state index contributed by atoms with van der Waals surface area (Å²) >= 11 is 6.06. The average Bonchev–Trinajstić information content (AvgIpc) is 2.52. The highest BCUT2D eigenvalue weighted by molar-refractivity contribution is 6.32. The van der Waals surface area contributed by atoms with Crippen LogP contribution >= 0.6 is 11.6 Å². The summed E-state index contributed by atoms with van der Waals surface area (Å²) in [5.74, 6) is 0. The molecular weight excluding hydrogens is 352 g/mol. The van der Waals surface area contributed by atoms with E-state index in [0.29, 0.717) is 24.3 Å². The van der Waals surface area contributed by atoms with E-state index < -0.39 is 11.7 Å². The predicted molar refractivity (Wildman–Crippen MR) is 106 cm³/mol. The highest BCUT2D eigenvalue weighted by atomic mass is 35.5. The molecule has 0 saturated carbocycles. The molecule has 0 atom stereocenters. The molecule has 140 valence electrons. The number of amides is 1. The lowest BCUT2D eigenvalue weighted by Crippen LogP contribution is -2.33. The number of anilines is 3. The van der Waals surface area contributed by atoms with Crippen LogP contribution in [-0.2, 0) is 11.2 Å². The second-order valence-electron chi connectivity index (χ2n) is 6.98. The zero-order valence-corrected chi connectivity index (χ0v) is 16.3. The van der Waals surface area contributed by atoms with Gasteiger partial charge in [0.05, 0.1) is 11.4 Å². The van der Waals surface area contributed by atoms with E-state index in [1.54, 1.807) is 0 Å². The molecule has 0 saturated heterocycles. The predicted octanol–water partition coefficient (Wildman–Crippen LogP) is 4.44. The molecule has 1 aromatic heterocycles. The van der Waals surface area contributed by atoms with Gasteiger partial charge in [-0.15, -0.1) is 0 Å². The SMILES string of the molecule is Cc1cc(Nc2ccccc2CCNC(=O)OC(C)(C)C)c(N)c(Cl)n1. The maximum atomic E-state index is 11.8. The van der Waals surface area contributed by atoms with Gasteiger partial charge in [-0.25, -0.2) is 9.78 Å². The molecule has 0 spiro atoms. The normalized spacial score (nSPS) is 11.1. The van der Waals surface area contributed by atoms with E-state index in [0.717, 1.165) is 16.9 Å². The number of benzene rings is 1. The lowest BCUT2D eigenvalue weighted by Gasteiger charge is -2.20. The van der Waals surface area contributed by atoms with Crippen molar-refractivity contribution in [2.45, 2.75) is 39.7 Å². The Kier molecular flexibility index (Phi) is 6.32. The van der Waals surface area contributed by atoms with Crippen molar-refractivity contribution in [3.8, 4) is 0 Å². The van der Waals surface area contributed by atoms with Gasteiger partial charge in [-0.3, -0.25) is 0 Å². The molecule has 0 bridgehead atoms. The number of carbonyl (C=O) groups is 1. The van der Waals surface area contributed by atoms with E-state index in [-0.39, 0.29) is 5.15 Å². The molecule has 26 heavy (non-hydrogen) atoms. The number of aryl methyl sites for hydroxylation is 1. The van der Waals surface area contributed by atoms with Crippen molar-refractivity contribution < 1.29 is 9.53 Å². The number of pyridine rings is 1. The Morgan fingerprint density at radius 1 is 1.27 bits per heavy atom. The van der Waals surface area contributed by atoms with Crippen LogP contribution in [0.3, 0.4) is 0 Å². The Hall–Kier alpha value is -2.47. The summed E-state index contributed by atoms with van der Waals surface area (Å²) in [4.78, 5) is 15.9. The second kappa shape index (κ2) is 8.27. The molecule has 1 heterocycles. The van der Waals surface area contributed by atoms with Crippen LogP contribution in [0.4, 0.5) is 21.9 Å². The first-order valence-corrected chi connectivity index (χ1v) is 8.78. The second-order valence-corrected chi connectivity index (χ2v) is 7.33. The highest BCUT2D eigenvalue weighted by Gasteiger charge is 2.15. The Bertz CT molecular complexity index is 788. The number of halogens is 1. The third-order valence-electron chi connectivity index (χ3n) is 3.49. The van der Waals surface area contributed by atoms with E-state index in [9.17, 15) is 4.79 Å². The first-order chi connectivity index (χ1) is 12.2. The average molecular weight is 377 g/mol. The van der Waals surface area contributed by atoms with Crippen LogP contribution in [-0.4, -0.2) is 23.2 Å². The summed E-state index contributed by atoms with van der Waals surface area (Å²) in [6, 6.07) is 9.66. The van der Waals surface area contributed by atoms with Gasteiger partial charge in [-0.1, -0.05) is 29.8 Å². The van der Waals surface area contributed by atoms with Gasteiger partial charge in [0.15, 0.2) is 5.15 Å². The number of nitrogens with one attached hydrogen (secondary N) is 2. The number of ether oxygens (including phenoxy) is 1. The molecule has 1 amide bonds. The summed E-state index contributed by atoms with van der Waals surface area (Å²) < 4.78 is 5.24. The van der Waals surface area contributed by atoms with Crippen molar-refractivity contribution in [3.63, 3.8) is 0 Å². The van der Waals surface area contributed by atoms with Gasteiger partial charge in [0.1, 0.15) is 5.60 Å². The van der Waals surface area contributed by atoms with Gasteiger partial charge >= 0.3 is 6.09 Å². The van der Waals surface area contributed by atoms with Gasteiger partial charge < -0.3 is 21.1 Å². The maximum absolute atomic E-state index is 11.8. The van der Waals surface area contributed by atoms with Crippen LogP contribution in [0.1, 0.15) is 32.0 Å². The largest absolute Gasteiger partial charge is 0.444 e. The molecule has 7 heteroatoms. The van der Waals surface area contributed by atoms with Crippen molar-refractivity contribution >= 4 is 34.8 Å². The molecule has 0 aliphatic carbocycles. The number of nitrogens with two attached hydrogens (primary N) is 1. The van der Waals surface area contributed by atoms with Crippen LogP contribution < -0.4 is 16.4 Å². The van der Waals surface area contributed by atoms with Gasteiger partial charge in [0.25, 0.3) is 0 Å². The number of hydrogen-bond acceptors (Lipinski definition) is 5. The molecule has 6 nitrogen and oxygen atoms in total. The monoisotopic (exact) mass is 376 g/mol. The molecule has 0 aliphatic heterocycles. The number of carbonyl (C=O) groups excluding carboxylic acids is 1. The fourth-order valence-electron chi connectivity index (χ4n) is 2.37. The fraction of sp³-hybridized carbons (Fsp3) is 0.368. The van der Waals surface area contributed by atoms with Gasteiger partial charge in [-0.05, 0) is 51.8 Å². The summed E-state index contributed by atoms with van der Waals surface area (Å²) in [6.45, 7) is 7.81. The summed E-state index contributed by atoms with van der Waals surface area (Å²) in [6.07, 6.45) is 0.212. The zero-order valence-electron chi connectivity index (χ0n) is 15.5. The smallest absolute Gasteiger partial charge is 0.407 e. The van der Waals surface area contributed by atoms with E-state index in [1.807, 2.05) is 58.0 Å². The minimum absolute atomic E-state index is 0.275. The number of hydrogen-bond donors (Lipinski definition) is 3. The number of rotatable bonds is 5. The van der Waals surface area contributed by atoms with Crippen LogP contribution in [0.5, 0.6) is 0 Å². The van der Waals surface area contributed by atoms with E-state index in [1.165, 1.54) is 0 Å². The Labute approximate surface area is 159 Å². The summed E-state index contributed by atoms with van der Waals surface area (Å²) in [7, 11) is 0. The van der Waals surface area contributed by atoms with Crippen LogP contribution in [0.25, 0.3) is 0 Å². The maximum Gasteiger partial charge on any atom is 0.407 e. The highest BCUT2D eigenvalue weighted by Crippen LogP contribution is 2.30. The quantitative estimate of drug-likeness (QED) is 0.671. The zero-order chi connectivity index (χ0) is 19.3. The molecule has 0 aliphatic rings. The molecule has 2 aromatic rings. The number of nitrogen functional groups attached to an aromatic ring is 1. The third-order valence-corrected chi connectivity index (χ3v) is 3.78. The molecule has 4 N–H and O–H groups in total. The number of aromatic nitrogens is 1. The summed E-state index contributed by atoms with van der Waals surface area (Å²) in [5, 5.41) is 6.34. The van der Waals surface area contributed by atoms with E-state index in [2.05, 4.69) is 15.6 Å². The van der Waals surface area contributed by atoms with E-state index >= 15 is 0 Å². The molecule has 0 fully saturated rings. The number of alkyl carbamates (subject to hydrolysis) is 1. The van der Waals surface area contributed by atoms with Crippen molar-refractivity contribution in [2.24, 2.45) is 0 Å². The van der Waals surface area contributed by atoms with E-state index in [4.69, 9.17) is 22.1 Å². The van der Waals surface area contributed by atoms with Crippen molar-refractivity contribution in [1.29, 1.82) is 0 Å². The van der Waals surface area contributed by atoms with Crippen molar-refractivity contribution in [3.05, 3.63) is 46.7 Å². The lowest BCUT2D eigenvalue weighted by molar-refractivity contribution is 0.0528. The van der Waals surface area contributed by atoms with Gasteiger partial charge in [-0.2, -0.15) is 0 Å². The molecular formula is C19H25ClN4O2. The number of nitrogens with zero attached hydrogens (tertiary/aromatic N) is 1. The molecule has 0 radical (unpaired) electrons. The first-order valence-electron chi connectivity index (χ1n) is 8.40. The van der Waals surface area contributed by atoms with Crippen LogP contribution in [0, 0.1) is 6.92 Å². The standard InChI is InChI=1S/C19H25ClN4O2/c1-12-11-15(16(21)17(20)23-12)24-14-8-6-5-7-13(14)9-10-22-18(25)26-19(2,3)4/h5-8,11H,9-10,21H2,1-4H3,(H,22,25)(H,23,24). The lowest BCUT2D eigenvalue weighted by atomic mass is 10.1. The van der Waals surface area contributed by atoms with Crippen LogP contribution in [0.2, 0.25) is 5.15 Å². The Balaban J connectivity index is 2.06. The van der Waals surface area contributed by atoms with Crippen LogP contribution in [0.15, 0.2) is 30.3 Å². The molecule has 0 unspecified atom stereocenters. The topological polar surface area (TPSA) is 89.3 Å². The first kappa shape index (κ1) is 19.8.